The molecule has 4 N–H and O–H groups in total. The number of rotatable bonds is 4. The number of hydrogen-bond donors (Lipinski definition) is 3. The van der Waals surface area contributed by atoms with E-state index in [1.165, 1.54) is 17.9 Å². The second kappa shape index (κ2) is 8.66. The standard InChI is InChI=1S/C24H27FN8O2/c1-12-10-33(11-13(2)28-12)19-6-5-15(20-17(19)9-27-24(30-20)35-4)23(34)29-14-7-16-21(18(25)8-14)31-32(3)22(16)26/h5-9,12-13,28H,10-11,26H2,1-4H3,(H,29,34). The van der Waals surface area contributed by atoms with Crippen molar-refractivity contribution in [1.82, 2.24) is 25.1 Å². The van der Waals surface area contributed by atoms with Crippen LogP contribution >= 0.6 is 0 Å². The Balaban J connectivity index is 1.55. The molecular weight excluding hydrogens is 451 g/mol. The molecule has 0 radical (unpaired) electrons. The average Bonchev–Trinajstić information content (AvgIpc) is 3.11. The number of nitrogens with one attached hydrogen (secondary N) is 2. The van der Waals surface area contributed by atoms with Gasteiger partial charge < -0.3 is 26.0 Å². The molecule has 0 spiro atoms. The van der Waals surface area contributed by atoms with Crippen molar-refractivity contribution in [3.8, 4) is 6.01 Å². The Bertz CT molecular complexity index is 1440. The minimum absolute atomic E-state index is 0.148. The molecule has 3 heterocycles. The van der Waals surface area contributed by atoms with Crippen LogP contribution in [0.1, 0.15) is 24.2 Å². The lowest BCUT2D eigenvalue weighted by Crippen LogP contribution is -2.54. The Morgan fingerprint density at radius 2 is 1.94 bits per heavy atom. The number of fused-ring (bicyclic) bond motifs is 2. The maximum absolute atomic E-state index is 14.6. The van der Waals surface area contributed by atoms with Crippen LogP contribution in [0.2, 0.25) is 0 Å². The summed E-state index contributed by atoms with van der Waals surface area (Å²) >= 11 is 0. The van der Waals surface area contributed by atoms with Crippen molar-refractivity contribution in [2.75, 3.05) is 36.1 Å². The van der Waals surface area contributed by atoms with E-state index in [1.807, 2.05) is 6.07 Å². The van der Waals surface area contributed by atoms with Crippen LogP contribution in [0.15, 0.2) is 30.5 Å². The molecule has 2 unspecified atom stereocenters. The minimum atomic E-state index is -0.573. The van der Waals surface area contributed by atoms with Gasteiger partial charge in [-0.15, -0.1) is 0 Å². The molecule has 35 heavy (non-hydrogen) atoms. The van der Waals surface area contributed by atoms with Gasteiger partial charge >= 0.3 is 6.01 Å². The van der Waals surface area contributed by atoms with E-state index in [-0.39, 0.29) is 17.2 Å². The molecule has 10 nitrogen and oxygen atoms in total. The molecule has 2 aromatic heterocycles. The zero-order valence-corrected chi connectivity index (χ0v) is 20.0. The van der Waals surface area contributed by atoms with Crippen molar-refractivity contribution in [2.45, 2.75) is 25.9 Å². The molecule has 1 aliphatic rings. The highest BCUT2D eigenvalue weighted by atomic mass is 19.1. The molecule has 2 atom stereocenters. The number of amides is 1. The molecule has 1 fully saturated rings. The maximum atomic E-state index is 14.6. The summed E-state index contributed by atoms with van der Waals surface area (Å²) < 4.78 is 21.3. The van der Waals surface area contributed by atoms with Crippen molar-refractivity contribution >= 4 is 44.9 Å². The number of piperazine rings is 1. The van der Waals surface area contributed by atoms with Crippen molar-refractivity contribution in [3.63, 3.8) is 0 Å². The Labute approximate surface area is 201 Å². The predicted molar refractivity (Wildman–Crippen MR) is 133 cm³/mol. The molecule has 1 saturated heterocycles. The van der Waals surface area contributed by atoms with E-state index >= 15 is 0 Å². The lowest BCUT2D eigenvalue weighted by molar-refractivity contribution is 0.102. The first-order valence-corrected chi connectivity index (χ1v) is 11.3. The maximum Gasteiger partial charge on any atom is 0.316 e. The number of nitrogen functional groups attached to an aromatic ring is 1. The number of carbonyl (C=O) groups is 1. The SMILES string of the molecule is COc1ncc2c(N3CC(C)NC(C)C3)ccc(C(=O)Nc3cc(F)c4nn(C)c(N)c4c3)c2n1. The van der Waals surface area contributed by atoms with Gasteiger partial charge in [0.05, 0.1) is 18.2 Å². The van der Waals surface area contributed by atoms with Gasteiger partial charge in [0, 0.05) is 60.6 Å². The highest BCUT2D eigenvalue weighted by molar-refractivity contribution is 6.14. The van der Waals surface area contributed by atoms with Gasteiger partial charge in [-0.3, -0.25) is 9.48 Å². The number of halogens is 1. The molecule has 1 amide bonds. The normalized spacial score (nSPS) is 18.3. The average molecular weight is 479 g/mol. The van der Waals surface area contributed by atoms with E-state index in [9.17, 15) is 9.18 Å². The van der Waals surface area contributed by atoms with E-state index in [0.717, 1.165) is 24.2 Å². The number of ether oxygens (including phenoxy) is 1. The third-order valence-electron chi connectivity index (χ3n) is 6.23. The van der Waals surface area contributed by atoms with Crippen molar-refractivity contribution in [3.05, 3.63) is 41.8 Å². The largest absolute Gasteiger partial charge is 0.467 e. The fourth-order valence-electron chi connectivity index (χ4n) is 4.71. The number of anilines is 3. The molecule has 0 bridgehead atoms. The van der Waals surface area contributed by atoms with Crippen LogP contribution in [0.5, 0.6) is 6.01 Å². The van der Waals surface area contributed by atoms with Crippen molar-refractivity contribution < 1.29 is 13.9 Å². The number of methoxy groups -OCH3 is 1. The Morgan fingerprint density at radius 3 is 2.66 bits per heavy atom. The topological polar surface area (TPSA) is 123 Å². The van der Waals surface area contributed by atoms with Crippen molar-refractivity contribution in [1.29, 1.82) is 0 Å². The number of benzene rings is 2. The molecule has 5 rings (SSSR count). The lowest BCUT2D eigenvalue weighted by atomic mass is 10.0. The summed E-state index contributed by atoms with van der Waals surface area (Å²) in [6.07, 6.45) is 1.67. The first-order valence-electron chi connectivity index (χ1n) is 11.3. The first-order chi connectivity index (χ1) is 16.7. The number of hydrogen-bond acceptors (Lipinski definition) is 8. The molecule has 0 aliphatic carbocycles. The Morgan fingerprint density at radius 1 is 1.20 bits per heavy atom. The zero-order valence-electron chi connectivity index (χ0n) is 20.0. The van der Waals surface area contributed by atoms with Crippen LogP contribution in [0, 0.1) is 5.82 Å². The van der Waals surface area contributed by atoms with Crippen LogP contribution in [0.4, 0.5) is 21.6 Å². The van der Waals surface area contributed by atoms with Gasteiger partial charge in [-0.05, 0) is 38.1 Å². The summed E-state index contributed by atoms with van der Waals surface area (Å²) in [7, 11) is 3.11. The second-order valence-corrected chi connectivity index (χ2v) is 8.94. The fraction of sp³-hybridized carbons (Fsp3) is 0.333. The van der Waals surface area contributed by atoms with Crippen LogP contribution in [-0.2, 0) is 7.05 Å². The van der Waals surface area contributed by atoms with Gasteiger partial charge in [0.15, 0.2) is 5.82 Å². The lowest BCUT2D eigenvalue weighted by Gasteiger charge is -2.38. The first kappa shape index (κ1) is 22.8. The summed E-state index contributed by atoms with van der Waals surface area (Å²) in [6.45, 7) is 5.89. The summed E-state index contributed by atoms with van der Waals surface area (Å²) in [5, 5.41) is 11.5. The van der Waals surface area contributed by atoms with Gasteiger partial charge in [-0.1, -0.05) is 0 Å². The molecule has 2 aromatic carbocycles. The number of nitrogens with zero attached hydrogens (tertiary/aromatic N) is 5. The molecular formula is C24H27FN8O2. The van der Waals surface area contributed by atoms with E-state index in [1.54, 1.807) is 25.4 Å². The monoisotopic (exact) mass is 478 g/mol. The highest BCUT2D eigenvalue weighted by Gasteiger charge is 2.25. The molecule has 11 heteroatoms. The molecule has 1 aliphatic heterocycles. The Hall–Kier alpha value is -3.99. The van der Waals surface area contributed by atoms with Gasteiger partial charge in [0.25, 0.3) is 5.91 Å². The van der Waals surface area contributed by atoms with Crippen LogP contribution in [0.3, 0.4) is 0 Å². The van der Waals surface area contributed by atoms with E-state index in [0.29, 0.717) is 34.4 Å². The molecule has 0 saturated carbocycles. The van der Waals surface area contributed by atoms with E-state index < -0.39 is 11.7 Å². The summed E-state index contributed by atoms with van der Waals surface area (Å²) in [4.78, 5) is 24.4. The van der Waals surface area contributed by atoms with Crippen LogP contribution in [-0.4, -0.2) is 57.9 Å². The summed E-state index contributed by atoms with van der Waals surface area (Å²) in [5.74, 6) is -0.705. The number of aromatic nitrogens is 4. The number of nitrogens with two attached hydrogens (primary N) is 1. The van der Waals surface area contributed by atoms with Gasteiger partial charge in [0.2, 0.25) is 0 Å². The van der Waals surface area contributed by atoms with E-state index in [4.69, 9.17) is 10.5 Å². The predicted octanol–water partition coefficient (Wildman–Crippen LogP) is 2.69. The van der Waals surface area contributed by atoms with Crippen LogP contribution < -0.4 is 26.0 Å². The van der Waals surface area contributed by atoms with E-state index in [2.05, 4.69) is 44.4 Å². The quantitative estimate of drug-likeness (QED) is 0.409. The minimum Gasteiger partial charge on any atom is -0.467 e. The third kappa shape index (κ3) is 4.08. The van der Waals surface area contributed by atoms with Gasteiger partial charge in [-0.2, -0.15) is 10.1 Å². The summed E-state index contributed by atoms with van der Waals surface area (Å²) in [6, 6.07) is 7.23. The Kier molecular flexibility index (Phi) is 5.64. The van der Waals surface area contributed by atoms with Gasteiger partial charge in [-0.25, -0.2) is 9.37 Å². The van der Waals surface area contributed by atoms with Crippen molar-refractivity contribution in [2.24, 2.45) is 7.05 Å². The third-order valence-corrected chi connectivity index (χ3v) is 6.23. The number of carbonyl (C=O) groups excluding carboxylic acids is 1. The summed E-state index contributed by atoms with van der Waals surface area (Å²) in [5.41, 5.74) is 8.14. The number of aryl methyl sites for hydroxylation is 1. The van der Waals surface area contributed by atoms with Crippen LogP contribution in [0.25, 0.3) is 21.8 Å². The smallest absolute Gasteiger partial charge is 0.316 e. The zero-order chi connectivity index (χ0) is 24.9. The molecule has 182 valence electrons. The second-order valence-electron chi connectivity index (χ2n) is 8.94. The fourth-order valence-corrected chi connectivity index (χ4v) is 4.71. The molecule has 4 aromatic rings. The highest BCUT2D eigenvalue weighted by Crippen LogP contribution is 2.32. The van der Waals surface area contributed by atoms with Gasteiger partial charge in [0.1, 0.15) is 11.3 Å².